The molecule has 0 spiro atoms. The van der Waals surface area contributed by atoms with Crippen LogP contribution in [0.3, 0.4) is 0 Å². The van der Waals surface area contributed by atoms with Crippen LogP contribution in [-0.2, 0) is 27.3 Å². The summed E-state index contributed by atoms with van der Waals surface area (Å²) in [6, 6.07) is 18.5. The van der Waals surface area contributed by atoms with E-state index in [9.17, 15) is 19.8 Å². The number of hydrogen-bond donors (Lipinski definition) is 2. The van der Waals surface area contributed by atoms with Gasteiger partial charge in [0.05, 0.1) is 45.0 Å². The average Bonchev–Trinajstić information content (AvgIpc) is 3.66. The van der Waals surface area contributed by atoms with E-state index in [-0.39, 0.29) is 36.7 Å². The summed E-state index contributed by atoms with van der Waals surface area (Å²) in [5.74, 6) is 0.686. The smallest absolute Gasteiger partial charge is 0.313 e. The number of ether oxygens (including phenoxy) is 4. The fraction of sp³-hybridized carbons (Fsp3) is 0.531. The van der Waals surface area contributed by atoms with Crippen molar-refractivity contribution < 1.29 is 43.5 Å². The molecule has 1 saturated heterocycles. The molecule has 4 bridgehead atoms. The highest BCUT2D eigenvalue weighted by molar-refractivity contribution is 6.10. The van der Waals surface area contributed by atoms with E-state index in [2.05, 4.69) is 19.9 Å². The molecule has 0 aromatic heterocycles. The summed E-state index contributed by atoms with van der Waals surface area (Å²) in [6.45, 7) is 10.1. The Balaban J connectivity index is 1.34. The highest BCUT2D eigenvalue weighted by atomic mass is 16.6. The number of aliphatic hydroxyl groups excluding tert-OH is 1. The van der Waals surface area contributed by atoms with Gasteiger partial charge in [-0.05, 0) is 131 Å². The number of benzene rings is 3. The number of carbonyl (C=O) groups excluding carboxylic acids is 3. The van der Waals surface area contributed by atoms with Crippen LogP contribution in [0.15, 0.2) is 72.3 Å². The minimum absolute atomic E-state index is 0.0329. The molecule has 4 aliphatic carbocycles. The van der Waals surface area contributed by atoms with Gasteiger partial charge in [0.25, 0.3) is 5.91 Å². The first-order chi connectivity index (χ1) is 28.0. The molecular formula is C49H61NO9. The number of nitrogens with zero attached hydrogens (tertiary/aromatic N) is 1. The number of methoxy groups -OCH3 is 3. The Labute approximate surface area is 348 Å². The third-order valence-electron chi connectivity index (χ3n) is 15.3. The third kappa shape index (κ3) is 7.03. The molecule has 0 radical (unpaired) electrons. The van der Waals surface area contributed by atoms with Crippen molar-refractivity contribution in [2.75, 3.05) is 27.9 Å². The van der Waals surface area contributed by atoms with Gasteiger partial charge in [0, 0.05) is 40.1 Å². The summed E-state index contributed by atoms with van der Waals surface area (Å²) in [4.78, 5) is 45.2. The number of hydrogen-bond acceptors (Lipinski definition) is 9. The summed E-state index contributed by atoms with van der Waals surface area (Å²) >= 11 is 0. The summed E-state index contributed by atoms with van der Waals surface area (Å²) in [6.07, 6.45) is 6.44. The lowest BCUT2D eigenvalue weighted by Gasteiger charge is -2.47. The van der Waals surface area contributed by atoms with Crippen LogP contribution < -0.4 is 14.2 Å². The van der Waals surface area contributed by atoms with Gasteiger partial charge in [-0.3, -0.25) is 14.4 Å². The molecule has 2 N–H and O–H groups in total. The van der Waals surface area contributed by atoms with Crippen LogP contribution in [0.4, 0.5) is 0 Å². The van der Waals surface area contributed by atoms with Crippen LogP contribution in [0.1, 0.15) is 125 Å². The molecule has 6 atom stereocenters. The SMILES string of the molecule is COc1ccc(C(=O)c2cc3ccc2C2CCC(O)(CN(Cc4ccc(OC)cc4OC)C(=O)C45CCC(C)(C(=O)O4)C5(C)C)C2(C)CCC=C(C)CCC(O)C3)cc1. The summed E-state index contributed by atoms with van der Waals surface area (Å²) in [5.41, 5.74) is -0.623. The molecule has 2 saturated carbocycles. The number of esters is 1. The van der Waals surface area contributed by atoms with Crippen LogP contribution >= 0.6 is 0 Å². The van der Waals surface area contributed by atoms with Crippen molar-refractivity contribution in [1.82, 2.24) is 4.90 Å². The third-order valence-corrected chi connectivity index (χ3v) is 15.3. The second-order valence-electron chi connectivity index (χ2n) is 18.5. The van der Waals surface area contributed by atoms with Gasteiger partial charge in [0.2, 0.25) is 0 Å². The molecule has 8 rings (SSSR count). The molecule has 3 aromatic carbocycles. The van der Waals surface area contributed by atoms with Crippen molar-refractivity contribution in [3.8, 4) is 17.2 Å². The van der Waals surface area contributed by atoms with Crippen molar-refractivity contribution in [2.24, 2.45) is 16.2 Å². The molecule has 316 valence electrons. The molecule has 6 unspecified atom stereocenters. The van der Waals surface area contributed by atoms with E-state index in [1.165, 1.54) is 5.57 Å². The Bertz CT molecular complexity index is 2140. The monoisotopic (exact) mass is 807 g/mol. The number of fused-ring (bicyclic) bond motifs is 10. The molecule has 10 heteroatoms. The minimum atomic E-state index is -1.42. The number of allylic oxidation sites excluding steroid dienone is 2. The highest BCUT2D eigenvalue weighted by Gasteiger charge is 2.76. The second-order valence-corrected chi connectivity index (χ2v) is 18.5. The van der Waals surface area contributed by atoms with Crippen molar-refractivity contribution in [3.63, 3.8) is 0 Å². The van der Waals surface area contributed by atoms with Crippen LogP contribution in [0.25, 0.3) is 0 Å². The predicted octanol–water partition coefficient (Wildman–Crippen LogP) is 8.13. The first-order valence-electron chi connectivity index (χ1n) is 21.1. The molecule has 1 amide bonds. The van der Waals surface area contributed by atoms with Crippen LogP contribution in [0.2, 0.25) is 0 Å². The zero-order chi connectivity index (χ0) is 42.5. The molecule has 3 fully saturated rings. The van der Waals surface area contributed by atoms with Gasteiger partial charge < -0.3 is 34.1 Å². The largest absolute Gasteiger partial charge is 0.497 e. The van der Waals surface area contributed by atoms with Crippen molar-refractivity contribution in [3.05, 3.63) is 100 Å². The van der Waals surface area contributed by atoms with Gasteiger partial charge >= 0.3 is 5.97 Å². The maximum absolute atomic E-state index is 15.4. The van der Waals surface area contributed by atoms with E-state index in [1.807, 2.05) is 51.1 Å². The van der Waals surface area contributed by atoms with E-state index in [0.29, 0.717) is 79.7 Å². The Morgan fingerprint density at radius 1 is 0.864 bits per heavy atom. The minimum Gasteiger partial charge on any atom is -0.497 e. The first-order valence-corrected chi connectivity index (χ1v) is 21.1. The van der Waals surface area contributed by atoms with Crippen LogP contribution in [-0.4, -0.2) is 78.0 Å². The summed E-state index contributed by atoms with van der Waals surface area (Å²) in [7, 11) is 4.75. The van der Waals surface area contributed by atoms with Crippen molar-refractivity contribution in [1.29, 1.82) is 0 Å². The lowest BCUT2D eigenvalue weighted by atomic mass is 9.64. The Morgan fingerprint density at radius 3 is 2.22 bits per heavy atom. The summed E-state index contributed by atoms with van der Waals surface area (Å²) in [5, 5.41) is 24.5. The quantitative estimate of drug-likeness (QED) is 0.118. The number of ketones is 1. The van der Waals surface area contributed by atoms with Crippen molar-refractivity contribution in [2.45, 2.75) is 122 Å². The maximum Gasteiger partial charge on any atom is 0.313 e. The highest BCUT2D eigenvalue weighted by Crippen LogP contribution is 2.66. The second kappa shape index (κ2) is 15.7. The first kappa shape index (κ1) is 42.5. The molecule has 3 aromatic rings. The van der Waals surface area contributed by atoms with E-state index >= 15 is 4.79 Å². The van der Waals surface area contributed by atoms with E-state index in [4.69, 9.17) is 18.9 Å². The molecule has 1 heterocycles. The zero-order valence-corrected chi connectivity index (χ0v) is 36.0. The molecule has 59 heavy (non-hydrogen) atoms. The van der Waals surface area contributed by atoms with Gasteiger partial charge in [0.15, 0.2) is 11.4 Å². The van der Waals surface area contributed by atoms with E-state index < -0.39 is 33.6 Å². The number of rotatable bonds is 10. The Hall–Kier alpha value is -4.67. The Kier molecular flexibility index (Phi) is 11.3. The number of amides is 1. The molecule has 1 aliphatic heterocycles. The van der Waals surface area contributed by atoms with Gasteiger partial charge in [0.1, 0.15) is 17.2 Å². The molecular weight excluding hydrogens is 747 g/mol. The number of carbonyl (C=O) groups is 3. The number of aliphatic hydroxyl groups is 2. The van der Waals surface area contributed by atoms with Gasteiger partial charge in [-0.1, -0.05) is 44.6 Å². The standard InChI is InChI=1S/C49H61NO9/c1-31-10-9-22-46(4)40(38-20-12-32(26-35(51)16-11-31)27-39(38)42(52)33-13-17-36(56-6)18-14-33)21-23-48(46,55)30-50(29-34-15-19-37(57-7)28-41(34)58-8)43(53)49-25-24-47(5,44(54)59-49)45(49,2)3/h10,12-15,17-20,27-28,35,40,51,55H,9,11,16,21-26,29-30H2,1-8H3. The normalized spacial score (nSPS) is 29.9. The Morgan fingerprint density at radius 2 is 1.58 bits per heavy atom. The van der Waals surface area contributed by atoms with Crippen LogP contribution in [0, 0.1) is 16.2 Å². The van der Waals surface area contributed by atoms with Crippen molar-refractivity contribution >= 4 is 17.7 Å². The van der Waals surface area contributed by atoms with E-state index in [1.54, 1.807) is 56.6 Å². The molecule has 10 nitrogen and oxygen atoms in total. The predicted molar refractivity (Wildman–Crippen MR) is 225 cm³/mol. The topological polar surface area (TPSA) is 132 Å². The van der Waals surface area contributed by atoms with E-state index in [0.717, 1.165) is 23.1 Å². The van der Waals surface area contributed by atoms with Gasteiger partial charge in [-0.25, -0.2) is 0 Å². The zero-order valence-electron chi connectivity index (χ0n) is 36.0. The van der Waals surface area contributed by atoms with Gasteiger partial charge in [-0.2, -0.15) is 0 Å². The molecule has 5 aliphatic rings. The van der Waals surface area contributed by atoms with Gasteiger partial charge in [-0.15, -0.1) is 0 Å². The average molecular weight is 808 g/mol. The summed E-state index contributed by atoms with van der Waals surface area (Å²) < 4.78 is 22.9. The fourth-order valence-electron chi connectivity index (χ4n) is 10.8. The fourth-order valence-corrected chi connectivity index (χ4v) is 10.8. The lowest BCUT2D eigenvalue weighted by Crippen LogP contribution is -2.60. The lowest BCUT2D eigenvalue weighted by molar-refractivity contribution is -0.178. The maximum atomic E-state index is 15.4. The van der Waals surface area contributed by atoms with Crippen LogP contribution in [0.5, 0.6) is 17.2 Å².